The number of nitrogens with zero attached hydrogens (tertiary/aromatic N) is 2. The number of amides is 1. The highest BCUT2D eigenvalue weighted by Gasteiger charge is 2.74. The van der Waals surface area contributed by atoms with E-state index in [-0.39, 0.29) is 58.7 Å². The third-order valence-electron chi connectivity index (χ3n) is 11.2. The standard InChI is InChI=1S/C32H31F7N2O3S/c1-27-10-13-28(14-11-27,15-12-27)26(42)41-17-16-29(45(43,44)23-6-2-20(19-40)3-7-23)24-8-5-22(18-21(24)4-9-25(29)41)30(33,31(34,35)36)32(37,38)39/h2-3,5-8,18,25H,4,9-17H2,1H3. The number of sulfone groups is 1. The summed E-state index contributed by atoms with van der Waals surface area (Å²) in [4.78, 5) is 15.7. The minimum Gasteiger partial charge on any atom is -0.337 e. The minimum atomic E-state index is -6.32. The molecular formula is C32H31F7N2O3S. The molecule has 5 nitrogen and oxygen atoms in total. The number of likely N-dealkylation sites (tertiary alicyclic amines) is 1. The summed E-state index contributed by atoms with van der Waals surface area (Å²) in [5, 5.41) is 9.22. The van der Waals surface area contributed by atoms with Gasteiger partial charge in [-0.15, -0.1) is 0 Å². The number of hydrogen-bond donors (Lipinski definition) is 0. The van der Waals surface area contributed by atoms with E-state index in [1.165, 1.54) is 24.3 Å². The number of alkyl halides is 7. The topological polar surface area (TPSA) is 78.2 Å². The molecule has 45 heavy (non-hydrogen) atoms. The zero-order chi connectivity index (χ0) is 32.8. The van der Waals surface area contributed by atoms with Crippen molar-refractivity contribution in [2.75, 3.05) is 6.54 Å². The average Bonchev–Trinajstić information content (AvgIpc) is 3.41. The molecule has 5 aliphatic rings. The molecule has 4 fully saturated rings. The molecule has 2 aromatic rings. The Labute approximate surface area is 256 Å². The number of carbonyl (C=O) groups is 1. The molecule has 0 N–H and O–H groups in total. The smallest absolute Gasteiger partial charge is 0.337 e. The Balaban J connectivity index is 1.50. The summed E-state index contributed by atoms with van der Waals surface area (Å²) in [6.45, 7) is 2.22. The Morgan fingerprint density at radius 1 is 0.889 bits per heavy atom. The van der Waals surface area contributed by atoms with Crippen molar-refractivity contribution in [3.63, 3.8) is 0 Å². The van der Waals surface area contributed by atoms with Crippen LogP contribution in [0.1, 0.15) is 80.5 Å². The third kappa shape index (κ3) is 4.37. The van der Waals surface area contributed by atoms with Gasteiger partial charge < -0.3 is 4.90 Å². The van der Waals surface area contributed by atoms with Gasteiger partial charge in [0.25, 0.3) is 0 Å². The van der Waals surface area contributed by atoms with E-state index >= 15 is 4.39 Å². The number of halogens is 7. The monoisotopic (exact) mass is 656 g/mol. The Morgan fingerprint density at radius 3 is 2.00 bits per heavy atom. The molecule has 0 spiro atoms. The summed E-state index contributed by atoms with van der Waals surface area (Å²) >= 11 is 0. The molecule has 3 saturated carbocycles. The van der Waals surface area contributed by atoms with Crippen molar-refractivity contribution in [2.45, 2.75) is 98.4 Å². The van der Waals surface area contributed by atoms with Crippen LogP contribution in [0.2, 0.25) is 0 Å². The van der Waals surface area contributed by atoms with Crippen LogP contribution in [0, 0.1) is 22.2 Å². The van der Waals surface area contributed by atoms with Gasteiger partial charge in [-0.05, 0) is 98.6 Å². The number of carbonyl (C=O) groups excluding carboxylic acids is 1. The summed E-state index contributed by atoms with van der Waals surface area (Å²) < 4.78 is 124. The summed E-state index contributed by atoms with van der Waals surface area (Å²) in [5.74, 6) is -0.164. The van der Waals surface area contributed by atoms with Gasteiger partial charge in [-0.25, -0.2) is 12.8 Å². The molecule has 1 aliphatic heterocycles. The number of rotatable bonds is 4. The van der Waals surface area contributed by atoms with E-state index in [1.807, 2.05) is 6.07 Å². The van der Waals surface area contributed by atoms with Crippen molar-refractivity contribution >= 4 is 15.7 Å². The van der Waals surface area contributed by atoms with Gasteiger partial charge in [-0.3, -0.25) is 4.79 Å². The van der Waals surface area contributed by atoms with E-state index in [0.717, 1.165) is 25.3 Å². The van der Waals surface area contributed by atoms with Crippen molar-refractivity contribution in [3.8, 4) is 6.07 Å². The first-order chi connectivity index (χ1) is 20.9. The predicted octanol–water partition coefficient (Wildman–Crippen LogP) is 7.42. The van der Waals surface area contributed by atoms with Crippen LogP contribution in [0.15, 0.2) is 47.4 Å². The van der Waals surface area contributed by atoms with Crippen LogP contribution in [-0.4, -0.2) is 44.2 Å². The predicted molar refractivity (Wildman–Crippen MR) is 148 cm³/mol. The zero-order valence-corrected chi connectivity index (χ0v) is 25.2. The Morgan fingerprint density at radius 2 is 1.47 bits per heavy atom. The Kier molecular flexibility index (Phi) is 7.02. The summed E-state index contributed by atoms with van der Waals surface area (Å²) in [6, 6.07) is 7.72. The molecule has 2 unspecified atom stereocenters. The zero-order valence-electron chi connectivity index (χ0n) is 24.4. The number of aryl methyl sites for hydroxylation is 1. The molecule has 7 rings (SSSR count). The lowest BCUT2D eigenvalue weighted by molar-refractivity contribution is -0.348. The van der Waals surface area contributed by atoms with Crippen molar-refractivity contribution in [2.24, 2.45) is 10.8 Å². The van der Waals surface area contributed by atoms with Crippen LogP contribution >= 0.6 is 0 Å². The van der Waals surface area contributed by atoms with Crippen molar-refractivity contribution in [1.82, 2.24) is 4.90 Å². The average molecular weight is 657 g/mol. The van der Waals surface area contributed by atoms with Gasteiger partial charge in [0, 0.05) is 17.5 Å². The largest absolute Gasteiger partial charge is 0.435 e. The van der Waals surface area contributed by atoms with Gasteiger partial charge in [0.2, 0.25) is 5.91 Å². The lowest BCUT2D eigenvalue weighted by Crippen LogP contribution is -2.57. The van der Waals surface area contributed by atoms with Gasteiger partial charge >= 0.3 is 18.0 Å². The fraction of sp³-hybridized carbons (Fsp3) is 0.562. The van der Waals surface area contributed by atoms with Crippen LogP contribution in [0.3, 0.4) is 0 Å². The molecule has 1 heterocycles. The minimum absolute atomic E-state index is 0.0252. The molecule has 0 aromatic heterocycles. The maximum absolute atomic E-state index is 15.1. The second-order valence-electron chi connectivity index (χ2n) is 13.4. The quantitative estimate of drug-likeness (QED) is 0.321. The molecule has 2 atom stereocenters. The van der Waals surface area contributed by atoms with Crippen LogP contribution < -0.4 is 0 Å². The normalized spacial score (nSPS) is 30.0. The van der Waals surface area contributed by atoms with Crippen molar-refractivity contribution in [3.05, 3.63) is 64.7 Å². The van der Waals surface area contributed by atoms with Gasteiger partial charge in [-0.2, -0.15) is 31.6 Å². The summed E-state index contributed by atoms with van der Waals surface area (Å²) in [6.07, 6.45) is -8.43. The van der Waals surface area contributed by atoms with Crippen molar-refractivity contribution in [1.29, 1.82) is 5.26 Å². The second kappa shape index (κ2) is 9.93. The molecule has 1 amide bonds. The van der Waals surface area contributed by atoms with Gasteiger partial charge in [-0.1, -0.05) is 25.1 Å². The number of hydrogen-bond acceptors (Lipinski definition) is 4. The third-order valence-corrected chi connectivity index (χ3v) is 13.7. The molecule has 13 heteroatoms. The lowest BCUT2D eigenvalue weighted by atomic mass is 9.54. The summed E-state index contributed by atoms with van der Waals surface area (Å²) in [7, 11) is -4.47. The van der Waals surface area contributed by atoms with Gasteiger partial charge in [0.15, 0.2) is 9.84 Å². The lowest BCUT2D eigenvalue weighted by Gasteiger charge is -2.53. The highest BCUT2D eigenvalue weighted by Crippen LogP contribution is 2.60. The van der Waals surface area contributed by atoms with Gasteiger partial charge in [0.05, 0.1) is 22.6 Å². The molecule has 4 aliphatic carbocycles. The molecule has 2 aromatic carbocycles. The summed E-state index contributed by atoms with van der Waals surface area (Å²) in [5.41, 5.74) is -7.83. The van der Waals surface area contributed by atoms with Crippen molar-refractivity contribution < 1.29 is 43.9 Å². The maximum Gasteiger partial charge on any atom is 0.435 e. The van der Waals surface area contributed by atoms with Gasteiger partial charge in [0.1, 0.15) is 4.75 Å². The Hall–Kier alpha value is -3.14. The SMILES string of the molecule is CC12CCC(C(=O)N3CCC4(S(=O)(=O)c5ccc(C#N)cc5)c5ccc(C(F)(C(F)(F)F)C(F)(F)F)cc5CCC34)(CC1)CC2. The Bertz CT molecular complexity index is 1660. The van der Waals surface area contributed by atoms with E-state index in [0.29, 0.717) is 31.4 Å². The molecule has 1 saturated heterocycles. The molecule has 0 radical (unpaired) electrons. The molecule has 242 valence electrons. The second-order valence-corrected chi connectivity index (χ2v) is 15.7. The fourth-order valence-corrected chi connectivity index (χ4v) is 10.8. The fourth-order valence-electron chi connectivity index (χ4n) is 8.39. The van der Waals surface area contributed by atoms with E-state index in [2.05, 4.69) is 6.92 Å². The van der Waals surface area contributed by atoms with E-state index in [9.17, 15) is 44.8 Å². The first kappa shape index (κ1) is 31.8. The van der Waals surface area contributed by atoms with Crippen LogP contribution in [-0.2, 0) is 31.5 Å². The first-order valence-corrected chi connectivity index (χ1v) is 16.4. The number of benzene rings is 2. The highest BCUT2D eigenvalue weighted by atomic mass is 32.2. The van der Waals surface area contributed by atoms with Crippen LogP contribution in [0.25, 0.3) is 0 Å². The number of fused-ring (bicyclic) bond motifs is 6. The van der Waals surface area contributed by atoms with Crippen LogP contribution in [0.4, 0.5) is 30.7 Å². The maximum atomic E-state index is 15.1. The first-order valence-electron chi connectivity index (χ1n) is 14.9. The van der Waals surface area contributed by atoms with E-state index in [1.54, 1.807) is 4.90 Å². The molecular weight excluding hydrogens is 625 g/mol. The highest BCUT2D eigenvalue weighted by molar-refractivity contribution is 7.92. The molecule has 2 bridgehead atoms. The number of nitriles is 1. The van der Waals surface area contributed by atoms with Crippen LogP contribution in [0.5, 0.6) is 0 Å². The van der Waals surface area contributed by atoms with E-state index < -0.39 is 49.6 Å². The van der Waals surface area contributed by atoms with E-state index in [4.69, 9.17) is 0 Å².